The van der Waals surface area contributed by atoms with Crippen LogP contribution in [0.4, 0.5) is 5.82 Å². The molecule has 1 N–H and O–H groups in total. The minimum atomic E-state index is 0.656. The number of anilines is 1. The van der Waals surface area contributed by atoms with Crippen LogP contribution in [-0.2, 0) is 7.05 Å². The summed E-state index contributed by atoms with van der Waals surface area (Å²) in [6.45, 7) is 0. The van der Waals surface area contributed by atoms with Gasteiger partial charge in [-0.2, -0.15) is 5.10 Å². The fourth-order valence-electron chi connectivity index (χ4n) is 1.95. The van der Waals surface area contributed by atoms with Crippen LogP contribution in [0, 0.1) is 0 Å². The van der Waals surface area contributed by atoms with E-state index in [1.54, 1.807) is 0 Å². The normalized spacial score (nSPS) is 18.8. The van der Waals surface area contributed by atoms with Crippen molar-refractivity contribution in [3.05, 3.63) is 12.3 Å². The second-order valence-corrected chi connectivity index (χ2v) is 3.85. The van der Waals surface area contributed by atoms with Crippen LogP contribution in [0.1, 0.15) is 32.1 Å². The first-order chi connectivity index (χ1) is 6.34. The van der Waals surface area contributed by atoms with Gasteiger partial charge in [0.1, 0.15) is 5.82 Å². The van der Waals surface area contributed by atoms with E-state index in [4.69, 9.17) is 0 Å². The Kier molecular flexibility index (Phi) is 2.52. The molecule has 1 saturated carbocycles. The lowest BCUT2D eigenvalue weighted by atomic mass is 9.96. The van der Waals surface area contributed by atoms with Crippen molar-refractivity contribution in [3.8, 4) is 0 Å². The van der Waals surface area contributed by atoms with Crippen molar-refractivity contribution in [2.75, 3.05) is 5.32 Å². The highest BCUT2D eigenvalue weighted by Gasteiger charge is 2.13. The summed E-state index contributed by atoms with van der Waals surface area (Å²) in [4.78, 5) is 0. The maximum absolute atomic E-state index is 4.31. The van der Waals surface area contributed by atoms with Gasteiger partial charge in [-0.1, -0.05) is 19.3 Å². The van der Waals surface area contributed by atoms with Gasteiger partial charge in [-0.25, -0.2) is 0 Å². The average Bonchev–Trinajstić information content (AvgIpc) is 2.53. The number of hydrogen-bond donors (Lipinski definition) is 1. The zero-order valence-electron chi connectivity index (χ0n) is 8.16. The van der Waals surface area contributed by atoms with Crippen LogP contribution in [0.15, 0.2) is 12.3 Å². The highest BCUT2D eigenvalue weighted by Crippen LogP contribution is 2.20. The maximum Gasteiger partial charge on any atom is 0.148 e. The van der Waals surface area contributed by atoms with Crippen molar-refractivity contribution in [2.45, 2.75) is 38.1 Å². The highest BCUT2D eigenvalue weighted by atomic mass is 15.3. The van der Waals surface area contributed by atoms with E-state index in [1.165, 1.54) is 32.1 Å². The van der Waals surface area contributed by atoms with Gasteiger partial charge in [0.05, 0.1) is 0 Å². The fourth-order valence-corrected chi connectivity index (χ4v) is 1.95. The van der Waals surface area contributed by atoms with Crippen molar-refractivity contribution in [1.82, 2.24) is 9.78 Å². The lowest BCUT2D eigenvalue weighted by Crippen LogP contribution is -2.22. The Bertz CT molecular complexity index is 261. The summed E-state index contributed by atoms with van der Waals surface area (Å²) in [6.07, 6.45) is 8.72. The summed E-state index contributed by atoms with van der Waals surface area (Å²) < 4.78 is 1.84. The van der Waals surface area contributed by atoms with Crippen LogP contribution < -0.4 is 5.32 Å². The molecule has 1 heterocycles. The highest BCUT2D eigenvalue weighted by molar-refractivity contribution is 5.33. The van der Waals surface area contributed by atoms with Crippen LogP contribution >= 0.6 is 0 Å². The van der Waals surface area contributed by atoms with E-state index in [-0.39, 0.29) is 0 Å². The molecule has 72 valence electrons. The summed E-state index contributed by atoms with van der Waals surface area (Å²) in [5, 5.41) is 7.78. The van der Waals surface area contributed by atoms with Gasteiger partial charge >= 0.3 is 0 Å². The molecule has 1 aromatic rings. The lowest BCUT2D eigenvalue weighted by Gasteiger charge is -2.22. The van der Waals surface area contributed by atoms with E-state index in [1.807, 2.05) is 24.0 Å². The molecule has 3 heteroatoms. The van der Waals surface area contributed by atoms with Crippen molar-refractivity contribution in [2.24, 2.45) is 7.05 Å². The van der Waals surface area contributed by atoms with Crippen molar-refractivity contribution in [1.29, 1.82) is 0 Å². The summed E-state index contributed by atoms with van der Waals surface area (Å²) >= 11 is 0. The van der Waals surface area contributed by atoms with Crippen LogP contribution in [-0.4, -0.2) is 15.8 Å². The Hall–Kier alpha value is -0.990. The molecule has 0 unspecified atom stereocenters. The molecule has 1 aliphatic rings. The summed E-state index contributed by atoms with van der Waals surface area (Å²) in [7, 11) is 1.95. The van der Waals surface area contributed by atoms with E-state index in [0.717, 1.165) is 5.82 Å². The maximum atomic E-state index is 4.31. The molecule has 0 radical (unpaired) electrons. The number of aromatic nitrogens is 2. The van der Waals surface area contributed by atoms with Crippen molar-refractivity contribution in [3.63, 3.8) is 0 Å². The first kappa shape index (κ1) is 8.60. The van der Waals surface area contributed by atoms with Gasteiger partial charge < -0.3 is 5.32 Å². The SMILES string of the molecule is Cn1ccc(NC2CCCCC2)n1. The summed E-state index contributed by atoms with van der Waals surface area (Å²) in [5.74, 6) is 1.02. The van der Waals surface area contributed by atoms with E-state index < -0.39 is 0 Å². The third-order valence-electron chi connectivity index (χ3n) is 2.67. The molecule has 1 fully saturated rings. The number of hydrogen-bond acceptors (Lipinski definition) is 2. The number of nitrogens with zero attached hydrogens (tertiary/aromatic N) is 2. The molecule has 2 rings (SSSR count). The summed E-state index contributed by atoms with van der Waals surface area (Å²) in [5.41, 5.74) is 0. The predicted molar refractivity (Wildman–Crippen MR) is 53.7 cm³/mol. The third kappa shape index (κ3) is 2.23. The first-order valence-electron chi connectivity index (χ1n) is 5.11. The molecule has 0 aliphatic heterocycles. The zero-order valence-corrected chi connectivity index (χ0v) is 8.16. The first-order valence-corrected chi connectivity index (χ1v) is 5.11. The Morgan fingerprint density at radius 1 is 1.38 bits per heavy atom. The van der Waals surface area contributed by atoms with Gasteiger partial charge in [0.15, 0.2) is 0 Å². The van der Waals surface area contributed by atoms with Crippen LogP contribution in [0.2, 0.25) is 0 Å². The largest absolute Gasteiger partial charge is 0.366 e. The number of rotatable bonds is 2. The summed E-state index contributed by atoms with van der Waals surface area (Å²) in [6, 6.07) is 2.69. The predicted octanol–water partition coefficient (Wildman–Crippen LogP) is 2.16. The minimum Gasteiger partial charge on any atom is -0.366 e. The molecule has 0 spiro atoms. The van der Waals surface area contributed by atoms with Crippen LogP contribution in [0.5, 0.6) is 0 Å². The topological polar surface area (TPSA) is 29.9 Å². The van der Waals surface area contributed by atoms with Gasteiger partial charge in [0.2, 0.25) is 0 Å². The van der Waals surface area contributed by atoms with Gasteiger partial charge in [0, 0.05) is 25.4 Å². The van der Waals surface area contributed by atoms with E-state index in [9.17, 15) is 0 Å². The number of nitrogens with one attached hydrogen (secondary N) is 1. The molecule has 0 amide bonds. The smallest absolute Gasteiger partial charge is 0.148 e. The average molecular weight is 179 g/mol. The molecular weight excluding hydrogens is 162 g/mol. The number of aryl methyl sites for hydroxylation is 1. The van der Waals surface area contributed by atoms with Gasteiger partial charge in [0.25, 0.3) is 0 Å². The Labute approximate surface area is 79.1 Å². The Morgan fingerprint density at radius 2 is 2.15 bits per heavy atom. The van der Waals surface area contributed by atoms with Gasteiger partial charge in [-0.15, -0.1) is 0 Å². The van der Waals surface area contributed by atoms with E-state index in [0.29, 0.717) is 6.04 Å². The quantitative estimate of drug-likeness (QED) is 0.754. The molecule has 1 aliphatic carbocycles. The molecule has 0 bridgehead atoms. The molecule has 0 atom stereocenters. The molecule has 0 aromatic carbocycles. The van der Waals surface area contributed by atoms with Crippen LogP contribution in [0.25, 0.3) is 0 Å². The van der Waals surface area contributed by atoms with Crippen molar-refractivity contribution < 1.29 is 0 Å². The zero-order chi connectivity index (χ0) is 9.10. The third-order valence-corrected chi connectivity index (χ3v) is 2.67. The molecule has 0 saturated heterocycles. The Morgan fingerprint density at radius 3 is 2.77 bits per heavy atom. The minimum absolute atomic E-state index is 0.656. The standard InChI is InChI=1S/C10H17N3/c1-13-8-7-10(12-13)11-9-5-3-2-4-6-9/h7-9H,2-6H2,1H3,(H,11,12). The van der Waals surface area contributed by atoms with Gasteiger partial charge in [-0.05, 0) is 12.8 Å². The second-order valence-electron chi connectivity index (χ2n) is 3.85. The molecule has 1 aromatic heterocycles. The second kappa shape index (κ2) is 3.81. The van der Waals surface area contributed by atoms with Crippen molar-refractivity contribution >= 4 is 5.82 Å². The van der Waals surface area contributed by atoms with Crippen LogP contribution in [0.3, 0.4) is 0 Å². The Balaban J connectivity index is 1.89. The molecular formula is C10H17N3. The monoisotopic (exact) mass is 179 g/mol. The fraction of sp³-hybridized carbons (Fsp3) is 0.700. The molecule has 3 nitrogen and oxygen atoms in total. The van der Waals surface area contributed by atoms with E-state index in [2.05, 4.69) is 10.4 Å². The van der Waals surface area contributed by atoms with Gasteiger partial charge in [-0.3, -0.25) is 4.68 Å². The molecule has 13 heavy (non-hydrogen) atoms. The lowest BCUT2D eigenvalue weighted by molar-refractivity contribution is 0.461. The van der Waals surface area contributed by atoms with E-state index >= 15 is 0 Å².